The van der Waals surface area contributed by atoms with Crippen LogP contribution < -0.4 is 11.5 Å². The molecule has 0 bridgehead atoms. The third kappa shape index (κ3) is 9.50. The summed E-state index contributed by atoms with van der Waals surface area (Å²) >= 11 is 0. The van der Waals surface area contributed by atoms with Gasteiger partial charge in [-0.05, 0) is 19.3 Å². The van der Waals surface area contributed by atoms with Crippen LogP contribution in [-0.4, -0.2) is 11.9 Å². The highest BCUT2D eigenvalue weighted by Gasteiger charge is 2.01. The quantitative estimate of drug-likeness (QED) is 0.446. The average Bonchev–Trinajstić information content (AvgIpc) is 2.08. The van der Waals surface area contributed by atoms with Gasteiger partial charge in [0.05, 0.1) is 6.17 Å². The van der Waals surface area contributed by atoms with E-state index in [1.807, 2.05) is 0 Å². The third-order valence-corrected chi connectivity index (χ3v) is 2.05. The van der Waals surface area contributed by atoms with Gasteiger partial charge in [-0.2, -0.15) is 0 Å². The maximum Gasteiger partial charge on any atom is 0.132 e. The van der Waals surface area contributed by atoms with Crippen LogP contribution in [0.4, 0.5) is 0 Å². The second kappa shape index (κ2) is 8.20. The van der Waals surface area contributed by atoms with E-state index in [0.717, 1.165) is 38.5 Å². The molecule has 0 aliphatic heterocycles. The number of ketones is 1. The minimum Gasteiger partial charge on any atom is -0.316 e. The zero-order valence-corrected chi connectivity index (χ0v) is 8.59. The number of unbranched alkanes of at least 4 members (excludes halogenated alkanes) is 2. The molecule has 4 N–H and O–H groups in total. The van der Waals surface area contributed by atoms with Crippen molar-refractivity contribution in [1.82, 2.24) is 0 Å². The SMILES string of the molecule is CCCCC(=O)CCCCC(N)N. The summed E-state index contributed by atoms with van der Waals surface area (Å²) in [6.45, 7) is 2.10. The van der Waals surface area contributed by atoms with Crippen LogP contribution in [-0.2, 0) is 4.79 Å². The van der Waals surface area contributed by atoms with Crippen molar-refractivity contribution in [2.75, 3.05) is 0 Å². The summed E-state index contributed by atoms with van der Waals surface area (Å²) < 4.78 is 0. The van der Waals surface area contributed by atoms with Crippen molar-refractivity contribution in [2.24, 2.45) is 11.5 Å². The number of nitrogens with two attached hydrogens (primary N) is 2. The van der Waals surface area contributed by atoms with Crippen molar-refractivity contribution in [3.8, 4) is 0 Å². The molecule has 0 fully saturated rings. The second-order valence-electron chi connectivity index (χ2n) is 3.55. The monoisotopic (exact) mass is 186 g/mol. The second-order valence-corrected chi connectivity index (χ2v) is 3.55. The Morgan fingerprint density at radius 3 is 2.31 bits per heavy atom. The lowest BCUT2D eigenvalue weighted by Crippen LogP contribution is -2.29. The number of rotatable bonds is 8. The van der Waals surface area contributed by atoms with Gasteiger partial charge in [0.15, 0.2) is 0 Å². The first-order valence-corrected chi connectivity index (χ1v) is 5.19. The Hall–Kier alpha value is -0.410. The van der Waals surface area contributed by atoms with Gasteiger partial charge in [-0.1, -0.05) is 19.8 Å². The zero-order chi connectivity index (χ0) is 10.1. The van der Waals surface area contributed by atoms with E-state index in [-0.39, 0.29) is 6.17 Å². The first kappa shape index (κ1) is 12.6. The van der Waals surface area contributed by atoms with Crippen LogP contribution in [0.2, 0.25) is 0 Å². The van der Waals surface area contributed by atoms with Gasteiger partial charge in [0.25, 0.3) is 0 Å². The van der Waals surface area contributed by atoms with Crippen LogP contribution in [0.25, 0.3) is 0 Å². The number of hydrogen-bond donors (Lipinski definition) is 2. The minimum atomic E-state index is -0.217. The zero-order valence-electron chi connectivity index (χ0n) is 8.59. The number of Topliss-reactive ketones (excluding diaryl/α,β-unsaturated/α-hetero) is 1. The van der Waals surface area contributed by atoms with E-state index in [9.17, 15) is 4.79 Å². The number of carbonyl (C=O) groups is 1. The van der Waals surface area contributed by atoms with Crippen LogP contribution >= 0.6 is 0 Å². The Balaban J connectivity index is 3.17. The van der Waals surface area contributed by atoms with Crippen molar-refractivity contribution < 1.29 is 4.79 Å². The summed E-state index contributed by atoms with van der Waals surface area (Å²) in [5.41, 5.74) is 10.8. The molecule has 0 aliphatic rings. The highest BCUT2D eigenvalue weighted by Crippen LogP contribution is 2.05. The lowest BCUT2D eigenvalue weighted by Gasteiger charge is -2.03. The molecule has 0 saturated heterocycles. The molecule has 78 valence electrons. The van der Waals surface area contributed by atoms with Gasteiger partial charge in [-0.25, -0.2) is 0 Å². The van der Waals surface area contributed by atoms with Gasteiger partial charge < -0.3 is 11.5 Å². The molecule has 13 heavy (non-hydrogen) atoms. The van der Waals surface area contributed by atoms with E-state index >= 15 is 0 Å². The van der Waals surface area contributed by atoms with Crippen molar-refractivity contribution >= 4 is 5.78 Å². The molecule has 0 atom stereocenters. The average molecular weight is 186 g/mol. The van der Waals surface area contributed by atoms with Gasteiger partial charge >= 0.3 is 0 Å². The van der Waals surface area contributed by atoms with Gasteiger partial charge in [0.2, 0.25) is 0 Å². The molecule has 0 aromatic rings. The Bertz CT molecular complexity index is 135. The topological polar surface area (TPSA) is 69.1 Å². The van der Waals surface area contributed by atoms with E-state index in [1.165, 1.54) is 0 Å². The fourth-order valence-electron chi connectivity index (χ4n) is 1.20. The smallest absolute Gasteiger partial charge is 0.132 e. The molecule has 0 rings (SSSR count). The van der Waals surface area contributed by atoms with Crippen molar-refractivity contribution in [2.45, 2.75) is 58.0 Å². The van der Waals surface area contributed by atoms with E-state index in [4.69, 9.17) is 11.5 Å². The molecule has 0 aliphatic carbocycles. The van der Waals surface area contributed by atoms with E-state index in [2.05, 4.69) is 6.92 Å². The van der Waals surface area contributed by atoms with Gasteiger partial charge in [0, 0.05) is 12.8 Å². The van der Waals surface area contributed by atoms with Gasteiger partial charge in [-0.15, -0.1) is 0 Å². The standard InChI is InChI=1S/C10H22N2O/c1-2-3-6-9(13)7-4-5-8-10(11)12/h10H,2-8,11-12H2,1H3. The minimum absolute atomic E-state index is 0.217. The van der Waals surface area contributed by atoms with Crippen molar-refractivity contribution in [3.63, 3.8) is 0 Å². The molecular formula is C10H22N2O. The Labute approximate surface area is 80.9 Å². The molecule has 3 heteroatoms. The molecule has 0 heterocycles. The molecule has 0 spiro atoms. The highest BCUT2D eigenvalue weighted by atomic mass is 16.1. The first-order valence-electron chi connectivity index (χ1n) is 5.19. The van der Waals surface area contributed by atoms with E-state index in [0.29, 0.717) is 12.2 Å². The Morgan fingerprint density at radius 2 is 1.77 bits per heavy atom. The number of carbonyl (C=O) groups excluding carboxylic acids is 1. The third-order valence-electron chi connectivity index (χ3n) is 2.05. The Kier molecular flexibility index (Phi) is 7.94. The largest absolute Gasteiger partial charge is 0.316 e. The molecule has 0 radical (unpaired) electrons. The summed E-state index contributed by atoms with van der Waals surface area (Å²) in [5, 5.41) is 0. The van der Waals surface area contributed by atoms with Crippen molar-refractivity contribution in [1.29, 1.82) is 0 Å². The maximum atomic E-state index is 11.2. The van der Waals surface area contributed by atoms with Gasteiger partial charge in [0.1, 0.15) is 5.78 Å². The summed E-state index contributed by atoms with van der Waals surface area (Å²) in [7, 11) is 0. The van der Waals surface area contributed by atoms with Crippen LogP contribution in [0, 0.1) is 0 Å². The Morgan fingerprint density at radius 1 is 1.15 bits per heavy atom. The molecular weight excluding hydrogens is 164 g/mol. The highest BCUT2D eigenvalue weighted by molar-refractivity contribution is 5.78. The van der Waals surface area contributed by atoms with Crippen LogP contribution in [0.15, 0.2) is 0 Å². The van der Waals surface area contributed by atoms with E-state index < -0.39 is 0 Å². The van der Waals surface area contributed by atoms with Crippen LogP contribution in [0.5, 0.6) is 0 Å². The molecule has 3 nitrogen and oxygen atoms in total. The summed E-state index contributed by atoms with van der Waals surface area (Å²) in [6.07, 6.45) is 6.07. The molecule has 0 amide bonds. The fraction of sp³-hybridized carbons (Fsp3) is 0.900. The molecule has 0 aromatic carbocycles. The fourth-order valence-corrected chi connectivity index (χ4v) is 1.20. The lowest BCUT2D eigenvalue weighted by atomic mass is 10.1. The molecule has 0 saturated carbocycles. The van der Waals surface area contributed by atoms with Crippen LogP contribution in [0.1, 0.15) is 51.9 Å². The van der Waals surface area contributed by atoms with E-state index in [1.54, 1.807) is 0 Å². The summed E-state index contributed by atoms with van der Waals surface area (Å²) in [4.78, 5) is 11.2. The van der Waals surface area contributed by atoms with Crippen LogP contribution in [0.3, 0.4) is 0 Å². The summed E-state index contributed by atoms with van der Waals surface area (Å²) in [6, 6.07) is 0. The molecule has 0 aromatic heterocycles. The normalized spacial score (nSPS) is 10.8. The lowest BCUT2D eigenvalue weighted by molar-refractivity contribution is -0.119. The molecule has 0 unspecified atom stereocenters. The van der Waals surface area contributed by atoms with Gasteiger partial charge in [-0.3, -0.25) is 4.79 Å². The predicted octanol–water partition coefficient (Wildman–Crippen LogP) is 1.55. The maximum absolute atomic E-state index is 11.2. The first-order chi connectivity index (χ1) is 6.16. The summed E-state index contributed by atoms with van der Waals surface area (Å²) in [5.74, 6) is 0.382. The predicted molar refractivity (Wildman–Crippen MR) is 55.2 cm³/mol. The van der Waals surface area contributed by atoms with Crippen molar-refractivity contribution in [3.05, 3.63) is 0 Å². The number of hydrogen-bond acceptors (Lipinski definition) is 3.